The average molecular weight is 568 g/mol. The van der Waals surface area contributed by atoms with Crippen molar-refractivity contribution in [2.24, 2.45) is 5.92 Å². The largest absolute Gasteiger partial charge is 0.508 e. The lowest BCUT2D eigenvalue weighted by Crippen LogP contribution is -2.49. The number of ketones is 1. The summed E-state index contributed by atoms with van der Waals surface area (Å²) in [5, 5.41) is 10.7. The maximum atomic E-state index is 13.2. The number of hydrogen-bond donors (Lipinski definition) is 1. The Bertz CT molecular complexity index is 1290. The van der Waals surface area contributed by atoms with Gasteiger partial charge in [0, 0.05) is 41.2 Å². The maximum Gasteiger partial charge on any atom is 0.206 e. The number of carbonyl (C=O) groups excluding carboxylic acids is 1. The topological polar surface area (TPSA) is 59.0 Å². The molecule has 2 heterocycles. The minimum atomic E-state index is -0.252. The minimum absolute atomic E-state index is 0.128. The van der Waals surface area contributed by atoms with Crippen LogP contribution < -0.4 is 9.47 Å². The van der Waals surface area contributed by atoms with Crippen LogP contribution in [0.5, 0.6) is 23.0 Å². The molecular formula is C33H42FNO4S. The van der Waals surface area contributed by atoms with Gasteiger partial charge in [-0.2, -0.15) is 0 Å². The van der Waals surface area contributed by atoms with Crippen LogP contribution in [-0.2, 0) is 0 Å². The molecule has 1 aliphatic rings. The summed E-state index contributed by atoms with van der Waals surface area (Å²) < 4.78 is 25.3. The molecule has 1 fully saturated rings. The molecule has 5 nitrogen and oxygen atoms in total. The lowest BCUT2D eigenvalue weighted by atomic mass is 10.0. The van der Waals surface area contributed by atoms with Gasteiger partial charge in [-0.25, -0.2) is 0 Å². The molecule has 216 valence electrons. The predicted octanol–water partition coefficient (Wildman–Crippen LogP) is 8.99. The molecule has 5 rings (SSSR count). The number of halogens is 1. The zero-order valence-electron chi connectivity index (χ0n) is 24.4. The molecule has 0 atom stereocenters. The van der Waals surface area contributed by atoms with Crippen LogP contribution in [0.4, 0.5) is 4.39 Å². The van der Waals surface area contributed by atoms with E-state index in [2.05, 4.69) is 4.90 Å². The zero-order valence-corrected chi connectivity index (χ0v) is 25.3. The summed E-state index contributed by atoms with van der Waals surface area (Å²) in [6.45, 7) is 14.6. The maximum absolute atomic E-state index is 13.2. The Hall–Kier alpha value is -3.42. The number of thiophene rings is 1. The molecule has 0 unspecified atom stereocenters. The van der Waals surface area contributed by atoms with Gasteiger partial charge in [0.05, 0.1) is 6.67 Å². The highest BCUT2D eigenvalue weighted by Gasteiger charge is 2.26. The molecule has 0 aliphatic carbocycles. The number of fused-ring (bicyclic) bond motifs is 1. The number of rotatable bonds is 9. The molecule has 4 aromatic rings. The summed E-state index contributed by atoms with van der Waals surface area (Å²) in [7, 11) is 0. The number of benzene rings is 3. The fourth-order valence-electron chi connectivity index (χ4n) is 4.00. The fourth-order valence-corrected chi connectivity index (χ4v) is 5.13. The van der Waals surface area contributed by atoms with Gasteiger partial charge in [-0.15, -0.1) is 11.3 Å². The second-order valence-corrected chi connectivity index (χ2v) is 9.39. The van der Waals surface area contributed by atoms with E-state index in [0.29, 0.717) is 28.5 Å². The van der Waals surface area contributed by atoms with E-state index in [1.807, 2.05) is 71.9 Å². The number of phenols is 1. The van der Waals surface area contributed by atoms with Gasteiger partial charge in [0.2, 0.25) is 5.78 Å². The summed E-state index contributed by atoms with van der Waals surface area (Å²) >= 11 is 1.30. The van der Waals surface area contributed by atoms with Gasteiger partial charge in [-0.1, -0.05) is 71.9 Å². The third-order valence-corrected chi connectivity index (χ3v) is 6.97. The van der Waals surface area contributed by atoms with Crippen molar-refractivity contribution < 1.29 is 23.8 Å². The van der Waals surface area contributed by atoms with Crippen molar-refractivity contribution in [2.75, 3.05) is 32.9 Å². The SMILES string of the molecule is CC.CC.CC.O=C(c1ccccc1)c1sc2cc(O)ccc2c1Oc1ccc(OCCN2CC(CF)C2)cc1. The second-order valence-electron chi connectivity index (χ2n) is 8.34. The van der Waals surface area contributed by atoms with Crippen molar-refractivity contribution in [3.8, 4) is 23.0 Å². The summed E-state index contributed by atoms with van der Waals surface area (Å²) in [6.07, 6.45) is 0. The van der Waals surface area contributed by atoms with Crippen molar-refractivity contribution in [1.29, 1.82) is 0 Å². The third kappa shape index (κ3) is 8.54. The number of phenolic OH excluding ortho intramolecular Hbond substituents is 1. The molecule has 0 amide bonds. The highest BCUT2D eigenvalue weighted by atomic mass is 32.1. The van der Waals surface area contributed by atoms with Crippen molar-refractivity contribution in [1.82, 2.24) is 4.90 Å². The van der Waals surface area contributed by atoms with Gasteiger partial charge >= 0.3 is 0 Å². The van der Waals surface area contributed by atoms with Gasteiger partial charge in [-0.3, -0.25) is 14.1 Å². The lowest BCUT2D eigenvalue weighted by molar-refractivity contribution is 0.0668. The quantitative estimate of drug-likeness (QED) is 0.205. The highest BCUT2D eigenvalue weighted by molar-refractivity contribution is 7.21. The molecule has 1 N–H and O–H groups in total. The first kappa shape index (κ1) is 32.8. The molecule has 0 saturated carbocycles. The summed E-state index contributed by atoms with van der Waals surface area (Å²) in [5.74, 6) is 1.96. The normalized spacial score (nSPS) is 12.5. The molecule has 7 heteroatoms. The van der Waals surface area contributed by atoms with Gasteiger partial charge in [0.15, 0.2) is 5.75 Å². The van der Waals surface area contributed by atoms with E-state index in [4.69, 9.17) is 9.47 Å². The molecule has 1 saturated heterocycles. The first-order valence-corrected chi connectivity index (χ1v) is 15.0. The summed E-state index contributed by atoms with van der Waals surface area (Å²) in [6, 6.07) is 21.3. The molecule has 0 spiro atoms. The standard InChI is InChI=1S/C27H24FNO4S.3C2H6/c28-15-18-16-29(17-18)12-13-32-21-7-9-22(10-8-21)33-26-23-11-6-20(30)14-24(23)34-27(26)25(31)19-4-2-1-3-5-19;3*1-2/h1-11,14,18,30H,12-13,15-17H2;3*1-2H3. The van der Waals surface area contributed by atoms with E-state index in [1.54, 1.807) is 42.5 Å². The number of aromatic hydroxyl groups is 1. The molecule has 1 aromatic heterocycles. The first-order chi connectivity index (χ1) is 19.6. The van der Waals surface area contributed by atoms with E-state index < -0.39 is 0 Å². The van der Waals surface area contributed by atoms with Crippen LogP contribution in [0, 0.1) is 5.92 Å². The van der Waals surface area contributed by atoms with Crippen LogP contribution >= 0.6 is 11.3 Å². The first-order valence-electron chi connectivity index (χ1n) is 14.1. The number of ether oxygens (including phenoxy) is 2. The lowest BCUT2D eigenvalue weighted by Gasteiger charge is -2.37. The monoisotopic (exact) mass is 567 g/mol. The van der Waals surface area contributed by atoms with Gasteiger partial charge in [0.1, 0.15) is 28.7 Å². The third-order valence-electron chi connectivity index (χ3n) is 5.84. The Morgan fingerprint density at radius 3 is 2.17 bits per heavy atom. The van der Waals surface area contributed by atoms with Gasteiger partial charge < -0.3 is 14.6 Å². The Morgan fingerprint density at radius 2 is 1.55 bits per heavy atom. The van der Waals surface area contributed by atoms with Crippen LogP contribution in [0.3, 0.4) is 0 Å². The molecule has 3 aromatic carbocycles. The number of alkyl halides is 1. The van der Waals surface area contributed by atoms with Crippen molar-refractivity contribution >= 4 is 27.2 Å². The van der Waals surface area contributed by atoms with E-state index >= 15 is 0 Å². The Morgan fingerprint density at radius 1 is 0.925 bits per heavy atom. The van der Waals surface area contributed by atoms with Crippen molar-refractivity contribution in [3.05, 3.63) is 83.2 Å². The van der Waals surface area contributed by atoms with Crippen LogP contribution in [0.2, 0.25) is 0 Å². The second kappa shape index (κ2) is 17.3. The van der Waals surface area contributed by atoms with Crippen LogP contribution in [0.25, 0.3) is 10.1 Å². The summed E-state index contributed by atoms with van der Waals surface area (Å²) in [5.41, 5.74) is 0.576. The van der Waals surface area contributed by atoms with Gasteiger partial charge in [0.25, 0.3) is 0 Å². The van der Waals surface area contributed by atoms with E-state index in [1.165, 1.54) is 11.3 Å². The molecule has 1 aliphatic heterocycles. The van der Waals surface area contributed by atoms with Gasteiger partial charge in [-0.05, 0) is 42.5 Å². The number of carbonyl (C=O) groups is 1. The van der Waals surface area contributed by atoms with Crippen LogP contribution in [0.1, 0.15) is 56.8 Å². The molecule has 0 bridgehead atoms. The van der Waals surface area contributed by atoms with E-state index in [9.17, 15) is 14.3 Å². The minimum Gasteiger partial charge on any atom is -0.508 e. The number of hydrogen-bond acceptors (Lipinski definition) is 6. The van der Waals surface area contributed by atoms with E-state index in [0.717, 1.165) is 35.5 Å². The molecule has 0 radical (unpaired) electrons. The van der Waals surface area contributed by atoms with Crippen molar-refractivity contribution in [3.63, 3.8) is 0 Å². The zero-order chi connectivity index (χ0) is 29.5. The van der Waals surface area contributed by atoms with Crippen LogP contribution in [0.15, 0.2) is 72.8 Å². The Balaban J connectivity index is 0.000000876. The highest BCUT2D eigenvalue weighted by Crippen LogP contribution is 2.42. The number of likely N-dealkylation sites (tertiary alicyclic amines) is 1. The average Bonchev–Trinajstić information content (AvgIpc) is 3.35. The van der Waals surface area contributed by atoms with Crippen LogP contribution in [-0.4, -0.2) is 48.7 Å². The predicted molar refractivity (Wildman–Crippen MR) is 165 cm³/mol. The smallest absolute Gasteiger partial charge is 0.206 e. The molecule has 40 heavy (non-hydrogen) atoms. The number of nitrogens with zero attached hydrogens (tertiary/aromatic N) is 1. The fraction of sp³-hybridized carbons (Fsp3) is 0.364. The van der Waals surface area contributed by atoms with E-state index in [-0.39, 0.29) is 24.1 Å². The Labute approximate surface area is 242 Å². The molecular weight excluding hydrogens is 525 g/mol. The Kier molecular flexibility index (Phi) is 14.2. The van der Waals surface area contributed by atoms with Crippen molar-refractivity contribution in [2.45, 2.75) is 41.5 Å². The summed E-state index contributed by atoms with van der Waals surface area (Å²) in [4.78, 5) is 15.9.